The highest BCUT2D eigenvalue weighted by Gasteiger charge is 2.32. The lowest BCUT2D eigenvalue weighted by Gasteiger charge is -2.34. The molecule has 2 atom stereocenters. The van der Waals surface area contributed by atoms with Gasteiger partial charge in [0, 0.05) is 17.8 Å². The van der Waals surface area contributed by atoms with Gasteiger partial charge in [-0.05, 0) is 52.3 Å². The predicted octanol–water partition coefficient (Wildman–Crippen LogP) is 1.84. The summed E-state index contributed by atoms with van der Waals surface area (Å²) >= 11 is 0. The molecule has 2 unspecified atom stereocenters. The summed E-state index contributed by atoms with van der Waals surface area (Å²) in [7, 11) is 0. The zero-order valence-electron chi connectivity index (χ0n) is 14.0. The van der Waals surface area contributed by atoms with E-state index >= 15 is 0 Å². The van der Waals surface area contributed by atoms with Crippen LogP contribution in [-0.2, 0) is 4.79 Å². The summed E-state index contributed by atoms with van der Waals surface area (Å²) in [6.07, 6.45) is 1.99. The van der Waals surface area contributed by atoms with Crippen LogP contribution in [0.15, 0.2) is 30.3 Å². The molecule has 23 heavy (non-hydrogen) atoms. The van der Waals surface area contributed by atoms with E-state index in [4.69, 9.17) is 0 Å². The highest BCUT2D eigenvalue weighted by Crippen LogP contribution is 2.11. The molecule has 126 valence electrons. The van der Waals surface area contributed by atoms with E-state index in [1.807, 2.05) is 18.2 Å². The van der Waals surface area contributed by atoms with Crippen molar-refractivity contribution in [1.82, 2.24) is 16.0 Å². The molecule has 0 saturated carbocycles. The molecule has 0 aromatic heterocycles. The lowest BCUT2D eigenvalue weighted by molar-refractivity contribution is -0.127. The Balaban J connectivity index is 1.89. The summed E-state index contributed by atoms with van der Waals surface area (Å²) in [5, 5.41) is 11.8. The van der Waals surface area contributed by atoms with Crippen molar-refractivity contribution in [1.29, 1.82) is 0 Å². The van der Waals surface area contributed by atoms with Crippen LogP contribution in [0.4, 0.5) is 10.5 Å². The van der Waals surface area contributed by atoms with Crippen molar-refractivity contribution in [3.05, 3.63) is 30.3 Å². The van der Waals surface area contributed by atoms with Gasteiger partial charge < -0.3 is 21.3 Å². The number of carbonyl (C=O) groups excluding carboxylic acids is 2. The van der Waals surface area contributed by atoms with Crippen molar-refractivity contribution in [2.45, 2.75) is 51.2 Å². The van der Waals surface area contributed by atoms with Crippen molar-refractivity contribution in [2.24, 2.45) is 0 Å². The third-order valence-electron chi connectivity index (χ3n) is 4.10. The molecule has 0 spiro atoms. The quantitative estimate of drug-likeness (QED) is 0.684. The minimum Gasteiger partial charge on any atom is -0.350 e. The second-order valence-corrected chi connectivity index (χ2v) is 6.54. The molecule has 4 N–H and O–H groups in total. The first-order valence-corrected chi connectivity index (χ1v) is 8.07. The highest BCUT2D eigenvalue weighted by atomic mass is 16.2. The minimum absolute atomic E-state index is 0.0921. The van der Waals surface area contributed by atoms with Crippen LogP contribution in [0.5, 0.6) is 0 Å². The first kappa shape index (κ1) is 17.3. The molecule has 2 rings (SSSR count). The molecule has 0 aliphatic carbocycles. The fraction of sp³-hybridized carbons (Fsp3) is 0.529. The Hall–Kier alpha value is -2.08. The van der Waals surface area contributed by atoms with Gasteiger partial charge in [0.1, 0.15) is 5.54 Å². The standard InChI is InChI=1S/C17H26N4O2/c1-12-14(10-7-11-18-12)20-15(22)17(2,3)21-16(23)19-13-8-5-4-6-9-13/h4-6,8-9,12,14,18H,7,10-11H2,1-3H3,(H,20,22)(H2,19,21,23). The first-order valence-electron chi connectivity index (χ1n) is 8.07. The van der Waals surface area contributed by atoms with Crippen LogP contribution in [0.25, 0.3) is 0 Å². The number of rotatable bonds is 4. The Morgan fingerprint density at radius 3 is 2.57 bits per heavy atom. The van der Waals surface area contributed by atoms with E-state index in [1.165, 1.54) is 0 Å². The average molecular weight is 318 g/mol. The normalized spacial score (nSPS) is 21.3. The van der Waals surface area contributed by atoms with E-state index in [-0.39, 0.29) is 18.0 Å². The third kappa shape index (κ3) is 4.96. The summed E-state index contributed by atoms with van der Waals surface area (Å²) in [4.78, 5) is 24.6. The van der Waals surface area contributed by atoms with E-state index in [0.29, 0.717) is 5.69 Å². The molecule has 1 aliphatic heterocycles. The zero-order chi connectivity index (χ0) is 16.9. The van der Waals surface area contributed by atoms with Gasteiger partial charge in [0.15, 0.2) is 0 Å². The molecule has 1 aliphatic rings. The Kier molecular flexibility index (Phi) is 5.60. The van der Waals surface area contributed by atoms with Crippen LogP contribution in [-0.4, -0.2) is 36.1 Å². The second kappa shape index (κ2) is 7.46. The fourth-order valence-electron chi connectivity index (χ4n) is 2.61. The van der Waals surface area contributed by atoms with E-state index in [9.17, 15) is 9.59 Å². The zero-order valence-corrected chi connectivity index (χ0v) is 14.0. The molecule has 3 amide bonds. The lowest BCUT2D eigenvalue weighted by atomic mass is 9.97. The summed E-state index contributed by atoms with van der Waals surface area (Å²) in [6, 6.07) is 9.07. The maximum Gasteiger partial charge on any atom is 0.320 e. The number of amides is 3. The van der Waals surface area contributed by atoms with Crippen LogP contribution in [0.2, 0.25) is 0 Å². The lowest BCUT2D eigenvalue weighted by Crippen LogP contribution is -2.61. The van der Waals surface area contributed by atoms with E-state index in [1.54, 1.807) is 26.0 Å². The van der Waals surface area contributed by atoms with Crippen LogP contribution < -0.4 is 21.3 Å². The van der Waals surface area contributed by atoms with E-state index < -0.39 is 11.6 Å². The van der Waals surface area contributed by atoms with Crippen molar-refractivity contribution in [3.8, 4) is 0 Å². The largest absolute Gasteiger partial charge is 0.350 e. The number of piperidine rings is 1. The van der Waals surface area contributed by atoms with Crippen LogP contribution in [0, 0.1) is 0 Å². The van der Waals surface area contributed by atoms with E-state index in [2.05, 4.69) is 28.2 Å². The summed E-state index contributed by atoms with van der Waals surface area (Å²) in [5.74, 6) is -0.179. The number of para-hydroxylation sites is 1. The Morgan fingerprint density at radius 1 is 1.22 bits per heavy atom. The van der Waals surface area contributed by atoms with Gasteiger partial charge >= 0.3 is 6.03 Å². The molecule has 1 aromatic carbocycles. The monoisotopic (exact) mass is 318 g/mol. The topological polar surface area (TPSA) is 82.3 Å². The van der Waals surface area contributed by atoms with Gasteiger partial charge in [-0.25, -0.2) is 4.79 Å². The van der Waals surface area contributed by atoms with Gasteiger partial charge in [0.25, 0.3) is 0 Å². The number of benzene rings is 1. The van der Waals surface area contributed by atoms with Gasteiger partial charge in [0.05, 0.1) is 0 Å². The average Bonchev–Trinajstić information content (AvgIpc) is 2.49. The molecule has 0 radical (unpaired) electrons. The van der Waals surface area contributed by atoms with Gasteiger partial charge in [-0.1, -0.05) is 18.2 Å². The van der Waals surface area contributed by atoms with Gasteiger partial charge in [0.2, 0.25) is 5.91 Å². The highest BCUT2D eigenvalue weighted by molar-refractivity contribution is 5.95. The molecule has 1 fully saturated rings. The number of carbonyl (C=O) groups is 2. The molecule has 1 saturated heterocycles. The fourth-order valence-corrected chi connectivity index (χ4v) is 2.61. The summed E-state index contributed by atoms with van der Waals surface area (Å²) in [5.41, 5.74) is -0.304. The first-order chi connectivity index (χ1) is 10.9. The predicted molar refractivity (Wildman–Crippen MR) is 91.3 cm³/mol. The third-order valence-corrected chi connectivity index (χ3v) is 4.10. The second-order valence-electron chi connectivity index (χ2n) is 6.54. The van der Waals surface area contributed by atoms with Gasteiger partial charge in [-0.15, -0.1) is 0 Å². The maximum absolute atomic E-state index is 12.5. The van der Waals surface area contributed by atoms with Crippen LogP contribution in [0.3, 0.4) is 0 Å². The minimum atomic E-state index is -0.990. The molecular weight excluding hydrogens is 292 g/mol. The van der Waals surface area contributed by atoms with Gasteiger partial charge in [-0.2, -0.15) is 0 Å². The number of hydrogen-bond donors (Lipinski definition) is 4. The Morgan fingerprint density at radius 2 is 1.91 bits per heavy atom. The molecule has 1 heterocycles. The maximum atomic E-state index is 12.5. The number of urea groups is 1. The number of anilines is 1. The summed E-state index contributed by atoms with van der Waals surface area (Å²) in [6.45, 7) is 6.45. The van der Waals surface area contributed by atoms with E-state index in [0.717, 1.165) is 19.4 Å². The van der Waals surface area contributed by atoms with Gasteiger partial charge in [-0.3, -0.25) is 4.79 Å². The van der Waals surface area contributed by atoms with Crippen LogP contribution >= 0.6 is 0 Å². The Bertz CT molecular complexity index is 545. The number of hydrogen-bond acceptors (Lipinski definition) is 3. The molecule has 6 heteroatoms. The molecule has 0 bridgehead atoms. The summed E-state index contributed by atoms with van der Waals surface area (Å²) < 4.78 is 0. The van der Waals surface area contributed by atoms with Crippen LogP contribution in [0.1, 0.15) is 33.6 Å². The molecular formula is C17H26N4O2. The Labute approximate surface area is 137 Å². The SMILES string of the molecule is CC1NCCCC1NC(=O)C(C)(C)NC(=O)Nc1ccccc1. The molecule has 1 aromatic rings. The van der Waals surface area contributed by atoms with Crippen molar-refractivity contribution >= 4 is 17.6 Å². The smallest absolute Gasteiger partial charge is 0.320 e. The van der Waals surface area contributed by atoms with Crippen molar-refractivity contribution in [3.63, 3.8) is 0 Å². The number of nitrogens with one attached hydrogen (secondary N) is 4. The molecule has 6 nitrogen and oxygen atoms in total. The van der Waals surface area contributed by atoms with Crippen molar-refractivity contribution in [2.75, 3.05) is 11.9 Å². The van der Waals surface area contributed by atoms with Crippen molar-refractivity contribution < 1.29 is 9.59 Å².